The Morgan fingerprint density at radius 2 is 1.87 bits per heavy atom. The molecule has 0 aliphatic heterocycles. The minimum Gasteiger partial charge on any atom is -0.292 e. The molecule has 3 nitrogen and oxygen atoms in total. The van der Waals surface area contributed by atoms with Crippen LogP contribution in [0, 0.1) is 16.7 Å². The predicted molar refractivity (Wildman–Crippen MR) is 58.6 cm³/mol. The molecular weight excluding hydrogens is 188 g/mol. The van der Waals surface area contributed by atoms with Gasteiger partial charge in [0.25, 0.3) is 0 Å². The average molecular weight is 206 g/mol. The highest BCUT2D eigenvalue weighted by atomic mass is 16.1. The Hall–Kier alpha value is -1.12. The van der Waals surface area contributed by atoms with Gasteiger partial charge in [0, 0.05) is 19.2 Å². The molecule has 1 aromatic heterocycles. The molecule has 15 heavy (non-hydrogen) atoms. The van der Waals surface area contributed by atoms with E-state index in [1.807, 2.05) is 13.2 Å². The van der Waals surface area contributed by atoms with Gasteiger partial charge in [-0.1, -0.05) is 27.7 Å². The van der Waals surface area contributed by atoms with Gasteiger partial charge in [0.05, 0.1) is 0 Å². The van der Waals surface area contributed by atoms with E-state index in [0.29, 0.717) is 5.69 Å². The molecule has 0 saturated heterocycles. The second kappa shape index (κ2) is 2.71. The fraction of sp³-hybridized carbons (Fsp3) is 0.667. The zero-order valence-electron chi connectivity index (χ0n) is 10.0. The molecule has 0 aromatic carbocycles. The third-order valence-electron chi connectivity index (χ3n) is 4.25. The highest BCUT2D eigenvalue weighted by molar-refractivity contribution is 5.99. The zero-order chi connectivity index (χ0) is 11.4. The van der Waals surface area contributed by atoms with E-state index in [1.54, 1.807) is 10.7 Å². The quantitative estimate of drug-likeness (QED) is 0.696. The zero-order valence-corrected chi connectivity index (χ0v) is 10.0. The van der Waals surface area contributed by atoms with Gasteiger partial charge in [-0.2, -0.15) is 5.10 Å². The number of aryl methyl sites for hydroxylation is 1. The van der Waals surface area contributed by atoms with Crippen LogP contribution in [0.15, 0.2) is 12.3 Å². The molecule has 0 unspecified atom stereocenters. The number of rotatable bonds is 2. The van der Waals surface area contributed by atoms with Crippen molar-refractivity contribution in [2.75, 3.05) is 0 Å². The Morgan fingerprint density at radius 3 is 2.20 bits per heavy atom. The maximum absolute atomic E-state index is 12.2. The summed E-state index contributed by atoms with van der Waals surface area (Å²) in [7, 11) is 1.83. The molecule has 0 N–H and O–H groups in total. The monoisotopic (exact) mass is 206 g/mol. The Morgan fingerprint density at radius 1 is 1.33 bits per heavy atom. The van der Waals surface area contributed by atoms with E-state index in [2.05, 4.69) is 32.8 Å². The van der Waals surface area contributed by atoms with Gasteiger partial charge in [-0.3, -0.25) is 9.48 Å². The van der Waals surface area contributed by atoms with Crippen molar-refractivity contribution in [2.45, 2.75) is 27.7 Å². The molecule has 2 rings (SSSR count). The number of hydrogen-bond acceptors (Lipinski definition) is 2. The number of aromatic nitrogens is 2. The number of carbonyl (C=O) groups is 1. The summed E-state index contributed by atoms with van der Waals surface area (Å²) in [6.45, 7) is 8.61. The molecule has 0 radical (unpaired) electrons. The molecule has 1 heterocycles. The van der Waals surface area contributed by atoms with E-state index in [4.69, 9.17) is 0 Å². The second-order valence-electron chi connectivity index (χ2n) is 5.62. The van der Waals surface area contributed by atoms with Gasteiger partial charge in [-0.05, 0) is 16.9 Å². The van der Waals surface area contributed by atoms with Gasteiger partial charge in [-0.15, -0.1) is 0 Å². The topological polar surface area (TPSA) is 34.9 Å². The fourth-order valence-electron chi connectivity index (χ4n) is 2.55. The van der Waals surface area contributed by atoms with E-state index in [-0.39, 0.29) is 22.5 Å². The van der Waals surface area contributed by atoms with Crippen molar-refractivity contribution >= 4 is 5.78 Å². The number of ketones is 1. The van der Waals surface area contributed by atoms with E-state index < -0.39 is 0 Å². The summed E-state index contributed by atoms with van der Waals surface area (Å²) in [6, 6.07) is 1.80. The lowest BCUT2D eigenvalue weighted by Crippen LogP contribution is -2.08. The first-order valence-corrected chi connectivity index (χ1v) is 5.32. The summed E-state index contributed by atoms with van der Waals surface area (Å²) in [5, 5.41) is 4.17. The van der Waals surface area contributed by atoms with Gasteiger partial charge in [0.2, 0.25) is 0 Å². The normalized spacial score (nSPS) is 22.7. The number of carbonyl (C=O) groups excluding carboxylic acids is 1. The van der Waals surface area contributed by atoms with Crippen LogP contribution in [-0.4, -0.2) is 15.6 Å². The van der Waals surface area contributed by atoms with Crippen LogP contribution in [0.1, 0.15) is 38.2 Å². The Kier molecular flexibility index (Phi) is 1.88. The van der Waals surface area contributed by atoms with Crippen molar-refractivity contribution < 1.29 is 4.79 Å². The van der Waals surface area contributed by atoms with Crippen molar-refractivity contribution in [3.05, 3.63) is 18.0 Å². The molecule has 3 heteroatoms. The van der Waals surface area contributed by atoms with Crippen LogP contribution >= 0.6 is 0 Å². The smallest absolute Gasteiger partial charge is 0.187 e. The Balaban J connectivity index is 2.26. The second-order valence-corrected chi connectivity index (χ2v) is 5.62. The molecule has 0 amide bonds. The maximum atomic E-state index is 12.2. The maximum Gasteiger partial charge on any atom is 0.187 e. The Bertz CT molecular complexity index is 401. The van der Waals surface area contributed by atoms with E-state index in [9.17, 15) is 4.79 Å². The first-order valence-electron chi connectivity index (χ1n) is 5.32. The third kappa shape index (κ3) is 1.25. The standard InChI is InChI=1S/C12H18N2O/c1-11(2)10(12(11,3)4)9(15)8-6-7-14(5)13-8/h6-7,10H,1-5H3. The van der Waals surface area contributed by atoms with Crippen LogP contribution in [-0.2, 0) is 7.05 Å². The summed E-state index contributed by atoms with van der Waals surface area (Å²) in [4.78, 5) is 12.2. The SMILES string of the molecule is Cn1ccc(C(=O)C2C(C)(C)C2(C)C)n1. The summed E-state index contributed by atoms with van der Waals surface area (Å²) < 4.78 is 1.68. The van der Waals surface area contributed by atoms with Gasteiger partial charge < -0.3 is 0 Å². The van der Waals surface area contributed by atoms with Gasteiger partial charge in [0.1, 0.15) is 5.69 Å². The molecule has 0 spiro atoms. The largest absolute Gasteiger partial charge is 0.292 e. The van der Waals surface area contributed by atoms with Crippen molar-refractivity contribution in [2.24, 2.45) is 23.8 Å². The van der Waals surface area contributed by atoms with Crippen LogP contribution < -0.4 is 0 Å². The van der Waals surface area contributed by atoms with Crippen LogP contribution in [0.4, 0.5) is 0 Å². The molecule has 82 valence electrons. The molecule has 1 saturated carbocycles. The fourth-order valence-corrected chi connectivity index (χ4v) is 2.55. The molecule has 1 aliphatic carbocycles. The lowest BCUT2D eigenvalue weighted by Gasteiger charge is -2.03. The predicted octanol–water partition coefficient (Wildman–Crippen LogP) is 2.29. The van der Waals surface area contributed by atoms with Gasteiger partial charge in [0.15, 0.2) is 5.78 Å². The Labute approximate surface area is 90.5 Å². The number of Topliss-reactive ketones (excluding diaryl/α,β-unsaturated/α-hetero) is 1. The van der Waals surface area contributed by atoms with Crippen molar-refractivity contribution in [1.82, 2.24) is 9.78 Å². The van der Waals surface area contributed by atoms with Crippen LogP contribution in [0.25, 0.3) is 0 Å². The third-order valence-corrected chi connectivity index (χ3v) is 4.25. The summed E-state index contributed by atoms with van der Waals surface area (Å²) >= 11 is 0. The molecule has 1 fully saturated rings. The van der Waals surface area contributed by atoms with Crippen LogP contribution in [0.3, 0.4) is 0 Å². The highest BCUT2D eigenvalue weighted by Gasteiger charge is 2.68. The van der Waals surface area contributed by atoms with E-state index >= 15 is 0 Å². The highest BCUT2D eigenvalue weighted by Crippen LogP contribution is 2.69. The minimum atomic E-state index is 0.0988. The lowest BCUT2D eigenvalue weighted by molar-refractivity contribution is 0.0939. The van der Waals surface area contributed by atoms with E-state index in [0.717, 1.165) is 0 Å². The van der Waals surface area contributed by atoms with Crippen molar-refractivity contribution in [3.63, 3.8) is 0 Å². The molecule has 1 aromatic rings. The van der Waals surface area contributed by atoms with Crippen molar-refractivity contribution in [1.29, 1.82) is 0 Å². The summed E-state index contributed by atoms with van der Waals surface area (Å²) in [5.74, 6) is 0.297. The number of nitrogens with zero attached hydrogens (tertiary/aromatic N) is 2. The van der Waals surface area contributed by atoms with Crippen molar-refractivity contribution in [3.8, 4) is 0 Å². The van der Waals surface area contributed by atoms with Gasteiger partial charge >= 0.3 is 0 Å². The van der Waals surface area contributed by atoms with Crippen LogP contribution in [0.5, 0.6) is 0 Å². The average Bonchev–Trinajstić information content (AvgIpc) is 2.49. The van der Waals surface area contributed by atoms with E-state index in [1.165, 1.54) is 0 Å². The molecule has 0 bridgehead atoms. The molecule has 0 atom stereocenters. The number of hydrogen-bond donors (Lipinski definition) is 0. The summed E-state index contributed by atoms with van der Waals surface area (Å²) in [5.41, 5.74) is 0.796. The summed E-state index contributed by atoms with van der Waals surface area (Å²) in [6.07, 6.45) is 1.82. The molecule has 1 aliphatic rings. The first-order chi connectivity index (χ1) is 6.78. The molecular formula is C12H18N2O. The first kappa shape index (κ1) is 10.4. The minimum absolute atomic E-state index is 0.0988. The lowest BCUT2D eigenvalue weighted by atomic mass is 10.0. The van der Waals surface area contributed by atoms with Crippen LogP contribution in [0.2, 0.25) is 0 Å². The van der Waals surface area contributed by atoms with Gasteiger partial charge in [-0.25, -0.2) is 0 Å².